The highest BCUT2D eigenvalue weighted by atomic mass is 32.1. The van der Waals surface area contributed by atoms with Gasteiger partial charge in [0, 0.05) is 81.9 Å². The first-order valence-corrected chi connectivity index (χ1v) is 27.3. The lowest BCUT2D eigenvalue weighted by Crippen LogP contribution is -2.57. The van der Waals surface area contributed by atoms with Crippen molar-refractivity contribution in [3.05, 3.63) is 101 Å². The summed E-state index contributed by atoms with van der Waals surface area (Å²) in [5, 5.41) is 35.6. The third kappa shape index (κ3) is 12.2. The maximum absolute atomic E-state index is 14.1. The predicted octanol–water partition coefficient (Wildman–Crippen LogP) is 7.26. The molecule has 9 rings (SSSR count). The molecule has 5 aromatic rings. The number of thiazole rings is 1. The van der Waals surface area contributed by atoms with Crippen molar-refractivity contribution >= 4 is 52.2 Å². The first-order chi connectivity index (χ1) is 35.6. The molecule has 4 amide bonds. The van der Waals surface area contributed by atoms with E-state index in [1.807, 2.05) is 80.6 Å². The number of carbonyl (C=O) groups excluding carboxylic acids is 4. The number of hydrogen-bond donors (Lipinski definition) is 5. The predicted molar refractivity (Wildman–Crippen MR) is 289 cm³/mol. The number of phenolic OH excluding ortho intramolecular Hbond substituents is 1. The number of aliphatic hydroxyl groups is 1. The molecule has 2 aromatic heterocycles. The number of para-hydroxylation sites is 1. The second-order valence-corrected chi connectivity index (χ2v) is 22.8. The van der Waals surface area contributed by atoms with E-state index in [1.54, 1.807) is 23.5 Å². The van der Waals surface area contributed by atoms with Gasteiger partial charge in [-0.3, -0.25) is 19.2 Å². The minimum absolute atomic E-state index is 0.0118. The molecule has 6 N–H and O–H groups in total. The summed E-state index contributed by atoms with van der Waals surface area (Å²) in [6, 6.07) is 24.9. The molecule has 4 fully saturated rings. The van der Waals surface area contributed by atoms with Gasteiger partial charge in [-0.25, -0.2) is 4.98 Å². The molecule has 17 heteroatoms. The number of aromatic hydroxyl groups is 1. The molecule has 4 saturated heterocycles. The third-order valence-electron chi connectivity index (χ3n) is 15.5. The Morgan fingerprint density at radius 3 is 2.28 bits per heavy atom. The van der Waals surface area contributed by atoms with Crippen molar-refractivity contribution in [2.24, 2.45) is 11.3 Å². The summed E-state index contributed by atoms with van der Waals surface area (Å²) in [5.74, 6) is 0.222. The average molecular weight is 1030 g/mol. The van der Waals surface area contributed by atoms with Gasteiger partial charge in [-0.15, -0.1) is 21.5 Å². The average Bonchev–Trinajstić information content (AvgIpc) is 4.08. The number of anilines is 3. The smallest absolute Gasteiger partial charge is 0.246 e. The highest BCUT2D eigenvalue weighted by Gasteiger charge is 2.45. The number of amides is 4. The van der Waals surface area contributed by atoms with Gasteiger partial charge >= 0.3 is 0 Å². The minimum atomic E-state index is -0.895. The first-order valence-electron chi connectivity index (χ1n) is 26.5. The van der Waals surface area contributed by atoms with Crippen LogP contribution in [0.1, 0.15) is 102 Å². The molecular weight excluding hydrogens is 953 g/mol. The van der Waals surface area contributed by atoms with E-state index in [0.717, 1.165) is 85.7 Å². The van der Waals surface area contributed by atoms with Gasteiger partial charge in [0.05, 0.1) is 33.6 Å². The molecule has 4 aliphatic rings. The van der Waals surface area contributed by atoms with E-state index in [1.165, 1.54) is 16.2 Å². The van der Waals surface area contributed by atoms with Crippen LogP contribution in [0.25, 0.3) is 21.7 Å². The van der Waals surface area contributed by atoms with Crippen LogP contribution in [0.2, 0.25) is 0 Å². The molecule has 2 bridgehead atoms. The number of β-amino-alcohol motifs (C(OH)–C–C–N with tert-alkyl or cyclic N) is 1. The number of nitrogens with one attached hydrogen (secondary N) is 2. The highest BCUT2D eigenvalue weighted by molar-refractivity contribution is 7.13. The van der Waals surface area contributed by atoms with Gasteiger partial charge < -0.3 is 46.2 Å². The number of unbranched alkanes of at least 4 members (excludes halogenated alkanes) is 2. The summed E-state index contributed by atoms with van der Waals surface area (Å²) < 4.78 is 0. The first kappa shape index (κ1) is 52.3. The Balaban J connectivity index is 0.687. The fourth-order valence-corrected chi connectivity index (χ4v) is 12.3. The summed E-state index contributed by atoms with van der Waals surface area (Å²) in [6.07, 6.45) is 6.99. The Labute approximate surface area is 438 Å². The number of phenols is 1. The monoisotopic (exact) mass is 1020 g/mol. The zero-order valence-electron chi connectivity index (χ0n) is 43.2. The van der Waals surface area contributed by atoms with Crippen LogP contribution in [0.3, 0.4) is 0 Å². The van der Waals surface area contributed by atoms with Crippen LogP contribution in [0.5, 0.6) is 5.75 Å². The topological polar surface area (TPSA) is 210 Å². The Hall–Kier alpha value is -6.59. The fourth-order valence-electron chi connectivity index (χ4n) is 11.5. The van der Waals surface area contributed by atoms with Gasteiger partial charge in [-0.1, -0.05) is 75.7 Å². The number of piperidine rings is 1. The quantitative estimate of drug-likeness (QED) is 0.0583. The van der Waals surface area contributed by atoms with Crippen molar-refractivity contribution in [1.29, 1.82) is 0 Å². The largest absolute Gasteiger partial charge is 0.507 e. The SMILES string of the molecule is Cc1ncsc1-c1ccc(CNC(=O)[C@@H]2C[C@H](O)CN2C(=O)C(NC(=O)CCCCCC(=O)N2CCC(Cc3cccc(N4C5CCC4CN(c4cc(-c6ccccc6O)nnc4N)C5)c3)CC2)C(C)(C)C)cc1. The number of rotatable bonds is 17. The van der Waals surface area contributed by atoms with E-state index < -0.39 is 23.6 Å². The lowest BCUT2D eigenvalue weighted by molar-refractivity contribution is -0.144. The van der Waals surface area contributed by atoms with Crippen LogP contribution in [0.15, 0.2) is 84.4 Å². The second-order valence-electron chi connectivity index (χ2n) is 21.9. The highest BCUT2D eigenvalue weighted by Crippen LogP contribution is 2.40. The molecule has 0 radical (unpaired) electrons. The molecule has 16 nitrogen and oxygen atoms in total. The summed E-state index contributed by atoms with van der Waals surface area (Å²) >= 11 is 1.58. The van der Waals surface area contributed by atoms with Crippen LogP contribution in [-0.4, -0.2) is 122 Å². The molecule has 0 aliphatic carbocycles. The van der Waals surface area contributed by atoms with E-state index in [9.17, 15) is 29.4 Å². The Kier molecular flexibility index (Phi) is 16.2. The van der Waals surface area contributed by atoms with E-state index in [4.69, 9.17) is 5.73 Å². The van der Waals surface area contributed by atoms with E-state index in [0.29, 0.717) is 60.8 Å². The lowest BCUT2D eigenvalue weighted by atomic mass is 9.85. The van der Waals surface area contributed by atoms with Crippen LogP contribution >= 0.6 is 11.3 Å². The number of aromatic nitrogens is 3. The van der Waals surface area contributed by atoms with E-state index >= 15 is 0 Å². The third-order valence-corrected chi connectivity index (χ3v) is 16.5. The van der Waals surface area contributed by atoms with Gasteiger partial charge in [-0.2, -0.15) is 0 Å². The van der Waals surface area contributed by atoms with Crippen LogP contribution in [-0.2, 0) is 32.1 Å². The molecule has 392 valence electrons. The number of hydrogen-bond acceptors (Lipinski definition) is 13. The Bertz CT molecular complexity index is 2780. The van der Waals surface area contributed by atoms with Crippen LogP contribution in [0.4, 0.5) is 17.2 Å². The number of likely N-dealkylation sites (tertiary alicyclic amines) is 2. The van der Waals surface area contributed by atoms with Crippen molar-refractivity contribution in [3.8, 4) is 27.4 Å². The second kappa shape index (κ2) is 22.9. The van der Waals surface area contributed by atoms with Gasteiger partial charge in [0.1, 0.15) is 17.8 Å². The molecule has 3 aromatic carbocycles. The van der Waals surface area contributed by atoms with E-state index in [2.05, 4.69) is 59.9 Å². The summed E-state index contributed by atoms with van der Waals surface area (Å²) in [7, 11) is 0. The molecular formula is C57H72N10O6S. The molecule has 4 aliphatic heterocycles. The number of fused-ring (bicyclic) bond motifs is 2. The standard InChI is InChI=1S/C57H72N10O6S/c1-36-52(74-35-60-36)40-19-17-38(18-20-40)31-59-55(72)48-29-44(68)34-66(48)56(73)53(57(2,3)4)61-50(70)15-6-5-7-16-51(71)64-25-23-37(24-26-64)27-39-11-10-12-41(28-39)67-42-21-22-43(67)33-65(32-42)47-30-46(62-63-54(47)58)45-13-8-9-14-49(45)69/h8-14,17-20,28,30,35,37,42-44,48,53,68-69H,5-7,15-16,21-27,29,31-34H2,1-4H3,(H2,58,63)(H,59,72)(H,61,70)/t42?,43?,44-,48-,53?/m0/s1. The number of benzene rings is 3. The van der Waals surface area contributed by atoms with E-state index in [-0.39, 0.29) is 55.3 Å². The number of nitrogens with two attached hydrogens (primary N) is 1. The van der Waals surface area contributed by atoms with Crippen LogP contribution in [0, 0.1) is 18.3 Å². The van der Waals surface area contributed by atoms with Gasteiger partial charge in [0.15, 0.2) is 5.82 Å². The number of aliphatic hydroxyl groups excluding tert-OH is 1. The Morgan fingerprint density at radius 1 is 0.851 bits per heavy atom. The number of carbonyl (C=O) groups is 4. The van der Waals surface area contributed by atoms with Crippen molar-refractivity contribution < 1.29 is 29.4 Å². The summed E-state index contributed by atoms with van der Waals surface area (Å²) in [4.78, 5) is 68.1. The molecule has 5 atom stereocenters. The van der Waals surface area contributed by atoms with Crippen molar-refractivity contribution in [3.63, 3.8) is 0 Å². The number of piperazine rings is 1. The van der Waals surface area contributed by atoms with Gasteiger partial charge in [-0.05, 0) is 110 Å². The number of nitrogen functional groups attached to an aromatic ring is 1. The lowest BCUT2D eigenvalue weighted by Gasteiger charge is -2.43. The normalized spacial score (nSPS) is 20.4. The van der Waals surface area contributed by atoms with Crippen molar-refractivity contribution in [2.45, 2.75) is 135 Å². The van der Waals surface area contributed by atoms with Gasteiger partial charge in [0.25, 0.3) is 0 Å². The zero-order chi connectivity index (χ0) is 52.1. The number of nitrogens with zero attached hydrogens (tertiary/aromatic N) is 7. The Morgan fingerprint density at radius 2 is 1.58 bits per heavy atom. The summed E-state index contributed by atoms with van der Waals surface area (Å²) in [5.41, 5.74) is 15.2. The summed E-state index contributed by atoms with van der Waals surface area (Å²) in [6.45, 7) is 11.0. The molecule has 74 heavy (non-hydrogen) atoms. The molecule has 3 unspecified atom stereocenters. The van der Waals surface area contributed by atoms with Gasteiger partial charge in [0.2, 0.25) is 23.6 Å². The zero-order valence-corrected chi connectivity index (χ0v) is 44.0. The van der Waals surface area contributed by atoms with Crippen LogP contribution < -0.4 is 26.2 Å². The van der Waals surface area contributed by atoms with Crippen molar-refractivity contribution in [1.82, 2.24) is 35.6 Å². The maximum Gasteiger partial charge on any atom is 0.246 e. The molecule has 0 spiro atoms. The fraction of sp³-hybridized carbons (Fsp3) is 0.491. The maximum atomic E-state index is 14.1. The van der Waals surface area contributed by atoms with Crippen molar-refractivity contribution in [2.75, 3.05) is 48.3 Å². The molecule has 0 saturated carbocycles. The minimum Gasteiger partial charge on any atom is -0.507 e. The molecule has 6 heterocycles. The number of aryl methyl sites for hydroxylation is 1.